The lowest BCUT2D eigenvalue weighted by Gasteiger charge is -2.04. The molecule has 1 aromatic heterocycles. The maximum Gasteiger partial charge on any atom is 0.264 e. The van der Waals surface area contributed by atoms with Crippen molar-refractivity contribution >= 4 is 51.5 Å². The van der Waals surface area contributed by atoms with E-state index in [2.05, 4.69) is 17.2 Å². The van der Waals surface area contributed by atoms with Gasteiger partial charge in [0.05, 0.1) is 23.1 Å². The van der Waals surface area contributed by atoms with Gasteiger partial charge in [0.1, 0.15) is 0 Å². The van der Waals surface area contributed by atoms with Crippen LogP contribution < -0.4 is 10.4 Å². The molecular formula is C22H18N3O3S-. The first-order valence-corrected chi connectivity index (χ1v) is 10.0. The van der Waals surface area contributed by atoms with Gasteiger partial charge in [0.25, 0.3) is 5.91 Å². The number of aliphatic imine (C=N–C) groups is 1. The number of benzene rings is 2. The van der Waals surface area contributed by atoms with Crippen molar-refractivity contribution < 1.29 is 14.7 Å². The molecule has 0 radical (unpaired) electrons. The van der Waals surface area contributed by atoms with Gasteiger partial charge in [0.2, 0.25) is 0 Å². The van der Waals surface area contributed by atoms with Crippen molar-refractivity contribution in [1.82, 2.24) is 9.88 Å². The van der Waals surface area contributed by atoms with E-state index in [1.54, 1.807) is 16.8 Å². The lowest BCUT2D eigenvalue weighted by molar-refractivity contribution is -0.306. The summed E-state index contributed by atoms with van der Waals surface area (Å²) in [5.41, 5.74) is 3.55. The Bertz CT molecular complexity index is 1160. The van der Waals surface area contributed by atoms with Crippen molar-refractivity contribution in [2.75, 3.05) is 0 Å². The van der Waals surface area contributed by atoms with Gasteiger partial charge in [-0.3, -0.25) is 4.79 Å². The Hall–Kier alpha value is -3.32. The number of amides is 1. The molecule has 1 aliphatic heterocycles. The molecule has 6 nitrogen and oxygen atoms in total. The van der Waals surface area contributed by atoms with E-state index in [4.69, 9.17) is 0 Å². The van der Waals surface area contributed by atoms with Crippen molar-refractivity contribution in [3.05, 3.63) is 70.8 Å². The maximum absolute atomic E-state index is 12.4. The third-order valence-electron chi connectivity index (χ3n) is 4.63. The molecule has 1 N–H and O–H groups in total. The van der Waals surface area contributed by atoms with Crippen LogP contribution in [-0.4, -0.2) is 21.6 Å². The van der Waals surface area contributed by atoms with E-state index in [-0.39, 0.29) is 12.5 Å². The van der Waals surface area contributed by atoms with Gasteiger partial charge in [0.15, 0.2) is 5.17 Å². The molecule has 0 saturated carbocycles. The molecular weight excluding hydrogens is 386 g/mol. The first kappa shape index (κ1) is 19.0. The molecule has 0 spiro atoms. The first-order valence-electron chi connectivity index (χ1n) is 9.19. The number of fused-ring (bicyclic) bond motifs is 1. The molecule has 2 heterocycles. The van der Waals surface area contributed by atoms with Crippen LogP contribution in [0.4, 0.5) is 5.69 Å². The highest BCUT2D eigenvalue weighted by atomic mass is 32.2. The van der Waals surface area contributed by atoms with E-state index < -0.39 is 5.97 Å². The van der Waals surface area contributed by atoms with Crippen molar-refractivity contribution in [3.8, 4) is 0 Å². The number of nitrogens with one attached hydrogen (secondary N) is 1. The summed E-state index contributed by atoms with van der Waals surface area (Å²) >= 11 is 1.26. The summed E-state index contributed by atoms with van der Waals surface area (Å²) in [7, 11) is 0. The topological polar surface area (TPSA) is 86.5 Å². The van der Waals surface area contributed by atoms with Crippen LogP contribution >= 0.6 is 11.8 Å². The van der Waals surface area contributed by atoms with Gasteiger partial charge < -0.3 is 19.8 Å². The Morgan fingerprint density at radius 3 is 2.69 bits per heavy atom. The molecule has 3 aromatic rings. The number of hydrogen-bond donors (Lipinski definition) is 1. The molecule has 0 atom stereocenters. The number of carboxylic acids is 1. The van der Waals surface area contributed by atoms with E-state index in [0.29, 0.717) is 10.1 Å². The van der Waals surface area contributed by atoms with Crippen LogP contribution in [-0.2, 0) is 22.6 Å². The van der Waals surface area contributed by atoms with E-state index in [1.165, 1.54) is 17.3 Å². The summed E-state index contributed by atoms with van der Waals surface area (Å²) in [6.07, 6.45) is 4.44. The van der Waals surface area contributed by atoms with Gasteiger partial charge >= 0.3 is 0 Å². The van der Waals surface area contributed by atoms with Crippen molar-refractivity contribution in [1.29, 1.82) is 0 Å². The molecule has 7 heteroatoms. The van der Waals surface area contributed by atoms with Gasteiger partial charge in [-0.1, -0.05) is 37.3 Å². The summed E-state index contributed by atoms with van der Waals surface area (Å²) < 4.78 is 1.61. The number of carbonyl (C=O) groups excluding carboxylic acids is 2. The summed E-state index contributed by atoms with van der Waals surface area (Å²) in [5.74, 6) is -1.39. The lowest BCUT2D eigenvalue weighted by atomic mass is 10.1. The number of amidine groups is 1. The molecule has 2 aromatic carbocycles. The van der Waals surface area contributed by atoms with Crippen molar-refractivity contribution in [2.45, 2.75) is 19.9 Å². The Kier molecular flexibility index (Phi) is 5.22. The molecule has 146 valence electrons. The standard InChI is InChI=1S/C22H19N3O3S/c1-2-14-7-9-16(10-8-14)23-22-24-21(28)19(29-22)11-15-12-25(13-20(26)27)18-6-4-3-5-17(15)18/h3-12H,2,13H2,1H3,(H,26,27)(H,23,24,28)/p-1/b19-11+. The average molecular weight is 404 g/mol. The molecule has 1 saturated heterocycles. The Morgan fingerprint density at radius 1 is 1.21 bits per heavy atom. The second kappa shape index (κ2) is 7.97. The molecule has 29 heavy (non-hydrogen) atoms. The minimum atomic E-state index is -1.17. The predicted octanol–water partition coefficient (Wildman–Crippen LogP) is 2.85. The molecule has 0 unspecified atom stereocenters. The third kappa shape index (κ3) is 4.09. The van der Waals surface area contributed by atoms with Crippen LogP contribution in [0, 0.1) is 0 Å². The highest BCUT2D eigenvalue weighted by Crippen LogP contribution is 2.31. The number of nitrogens with zero attached hydrogens (tertiary/aromatic N) is 2. The van der Waals surface area contributed by atoms with E-state index in [0.717, 1.165) is 28.6 Å². The summed E-state index contributed by atoms with van der Waals surface area (Å²) in [4.78, 5) is 28.5. The second-order valence-electron chi connectivity index (χ2n) is 6.60. The lowest BCUT2D eigenvalue weighted by Crippen LogP contribution is -2.27. The van der Waals surface area contributed by atoms with Crippen LogP contribution in [0.2, 0.25) is 0 Å². The minimum absolute atomic E-state index is 0.226. The molecule has 1 aliphatic rings. The smallest absolute Gasteiger partial charge is 0.264 e. The summed E-state index contributed by atoms with van der Waals surface area (Å²) in [6, 6.07) is 15.3. The number of aromatic nitrogens is 1. The zero-order valence-electron chi connectivity index (χ0n) is 15.7. The summed E-state index contributed by atoms with van der Waals surface area (Å²) in [5, 5.41) is 15.2. The predicted molar refractivity (Wildman–Crippen MR) is 114 cm³/mol. The SMILES string of the molecule is CCc1ccc(N=C2NC(=O)/C(=C\c3cn(CC(=O)[O-])c4ccccc34)S2)cc1. The zero-order chi connectivity index (χ0) is 20.4. The molecule has 1 amide bonds. The zero-order valence-corrected chi connectivity index (χ0v) is 16.5. The second-order valence-corrected chi connectivity index (χ2v) is 7.63. The monoisotopic (exact) mass is 404 g/mol. The highest BCUT2D eigenvalue weighted by Gasteiger charge is 2.24. The first-order chi connectivity index (χ1) is 14.0. The van der Waals surface area contributed by atoms with Gasteiger partial charge in [-0.05, 0) is 48.0 Å². The fourth-order valence-corrected chi connectivity index (χ4v) is 4.04. The number of rotatable bonds is 5. The van der Waals surface area contributed by atoms with E-state index in [9.17, 15) is 14.7 Å². The Balaban J connectivity index is 1.64. The fourth-order valence-electron chi connectivity index (χ4n) is 3.21. The largest absolute Gasteiger partial charge is 0.548 e. The van der Waals surface area contributed by atoms with E-state index >= 15 is 0 Å². The van der Waals surface area contributed by atoms with Gasteiger partial charge in [-0.2, -0.15) is 0 Å². The number of carboxylic acid groups (broad SMARTS) is 1. The third-order valence-corrected chi connectivity index (χ3v) is 5.54. The van der Waals surface area contributed by atoms with Crippen LogP contribution in [0.25, 0.3) is 17.0 Å². The molecule has 4 rings (SSSR count). The van der Waals surface area contributed by atoms with E-state index in [1.807, 2.05) is 48.5 Å². The number of carbonyl (C=O) groups is 2. The highest BCUT2D eigenvalue weighted by molar-refractivity contribution is 8.18. The fraction of sp³-hybridized carbons (Fsp3) is 0.136. The van der Waals surface area contributed by atoms with Crippen LogP contribution in [0.5, 0.6) is 0 Å². The molecule has 1 fully saturated rings. The normalized spacial score (nSPS) is 16.7. The van der Waals surface area contributed by atoms with Crippen LogP contribution in [0.3, 0.4) is 0 Å². The van der Waals surface area contributed by atoms with Gasteiger partial charge in [-0.15, -0.1) is 0 Å². The van der Waals surface area contributed by atoms with Crippen molar-refractivity contribution in [3.63, 3.8) is 0 Å². The number of aryl methyl sites for hydroxylation is 1. The maximum atomic E-state index is 12.4. The summed E-state index contributed by atoms with van der Waals surface area (Å²) in [6.45, 7) is 1.85. The van der Waals surface area contributed by atoms with Gasteiger partial charge in [-0.25, -0.2) is 4.99 Å². The van der Waals surface area contributed by atoms with Crippen LogP contribution in [0.1, 0.15) is 18.1 Å². The number of aliphatic carboxylic acids is 1. The molecule has 0 bridgehead atoms. The number of thioether (sulfide) groups is 1. The Morgan fingerprint density at radius 2 is 1.97 bits per heavy atom. The average Bonchev–Trinajstić information content (AvgIpc) is 3.22. The van der Waals surface area contributed by atoms with Crippen molar-refractivity contribution in [2.24, 2.45) is 4.99 Å². The minimum Gasteiger partial charge on any atom is -0.548 e. The number of hydrogen-bond acceptors (Lipinski definition) is 5. The van der Waals surface area contributed by atoms with Gasteiger partial charge in [0, 0.05) is 22.7 Å². The van der Waals surface area contributed by atoms with Crippen LogP contribution in [0.15, 0.2) is 64.6 Å². The molecule has 0 aliphatic carbocycles. The number of para-hydroxylation sites is 1. The quantitative estimate of drug-likeness (QED) is 0.663. The Labute approximate surface area is 171 Å².